The molecule has 2 heterocycles. The van der Waals surface area contributed by atoms with Crippen molar-refractivity contribution in [3.8, 4) is 0 Å². The highest BCUT2D eigenvalue weighted by Crippen LogP contribution is 2.40. The molecule has 0 saturated heterocycles. The first kappa shape index (κ1) is 19.5. The lowest BCUT2D eigenvalue weighted by Crippen LogP contribution is -2.46. The molecule has 3 rings (SSSR count). The van der Waals surface area contributed by atoms with Crippen LogP contribution in [0.5, 0.6) is 0 Å². The van der Waals surface area contributed by atoms with E-state index >= 15 is 0 Å². The van der Waals surface area contributed by atoms with E-state index < -0.39 is 29.9 Å². The number of amides is 1. The Bertz CT molecular complexity index is 954. The van der Waals surface area contributed by atoms with E-state index in [1.54, 1.807) is 22.9 Å². The zero-order valence-electron chi connectivity index (χ0n) is 14.8. The summed E-state index contributed by atoms with van der Waals surface area (Å²) < 4.78 is 43.2. The Kier molecular flexibility index (Phi) is 5.18. The van der Waals surface area contributed by atoms with E-state index in [2.05, 4.69) is 20.4 Å². The number of aryl methyl sites for hydroxylation is 1. The monoisotopic (exact) mass is 394 g/mol. The van der Waals surface area contributed by atoms with Gasteiger partial charge in [0.1, 0.15) is 12.7 Å². The second-order valence-electron chi connectivity index (χ2n) is 6.24. The average Bonchev–Trinajstić information content (AvgIpc) is 3.25. The normalized spacial score (nSPS) is 13.9. The van der Waals surface area contributed by atoms with Gasteiger partial charge in [-0.1, -0.05) is 12.1 Å². The minimum absolute atomic E-state index is 0.298. The fraction of sp³-hybridized carbons (Fsp3) is 0.294. The third-order valence-corrected chi connectivity index (χ3v) is 4.10. The van der Waals surface area contributed by atoms with Gasteiger partial charge >= 0.3 is 6.18 Å². The summed E-state index contributed by atoms with van der Waals surface area (Å²) in [5.74, 6) is -1.66. The maximum atomic E-state index is 13.5. The largest absolute Gasteiger partial charge is 0.425 e. The molecule has 0 saturated carbocycles. The third kappa shape index (κ3) is 4.03. The van der Waals surface area contributed by atoms with E-state index in [9.17, 15) is 23.1 Å². The fourth-order valence-corrected chi connectivity index (χ4v) is 2.76. The molecule has 0 fully saturated rings. The molecular formula is C17H17F3N6O2. The van der Waals surface area contributed by atoms with E-state index in [0.29, 0.717) is 12.2 Å². The van der Waals surface area contributed by atoms with Crippen LogP contribution in [-0.2, 0) is 24.0 Å². The Hall–Kier alpha value is -3.21. The second-order valence-corrected chi connectivity index (χ2v) is 6.24. The van der Waals surface area contributed by atoms with Gasteiger partial charge in [0.25, 0.3) is 0 Å². The molecule has 0 bridgehead atoms. The number of aliphatic hydroxyl groups is 1. The molecule has 0 aliphatic rings. The molecule has 0 spiro atoms. The number of hydrogen-bond donors (Lipinski definition) is 2. The SMILES string of the molecule is Cn1ccnc1C(O)(CC(=O)Nc1cccc(Cn2cncn2)c1)C(F)(F)F. The van der Waals surface area contributed by atoms with Gasteiger partial charge in [-0.05, 0) is 17.7 Å². The van der Waals surface area contributed by atoms with Crippen LogP contribution < -0.4 is 5.32 Å². The molecule has 0 radical (unpaired) electrons. The molecule has 1 aromatic carbocycles. The van der Waals surface area contributed by atoms with Crippen LogP contribution >= 0.6 is 0 Å². The molecular weight excluding hydrogens is 377 g/mol. The number of nitrogens with zero attached hydrogens (tertiary/aromatic N) is 5. The molecule has 0 aliphatic carbocycles. The maximum Gasteiger partial charge on any atom is 0.425 e. The first-order valence-electron chi connectivity index (χ1n) is 8.17. The summed E-state index contributed by atoms with van der Waals surface area (Å²) in [4.78, 5) is 19.7. The molecule has 8 nitrogen and oxygen atoms in total. The van der Waals surface area contributed by atoms with Crippen molar-refractivity contribution in [1.29, 1.82) is 0 Å². The molecule has 2 N–H and O–H groups in total. The lowest BCUT2D eigenvalue weighted by Gasteiger charge is -2.29. The standard InChI is InChI=1S/C17H17F3N6O2/c1-25-6-5-22-15(25)16(28,17(18,19)20)8-14(27)24-13-4-2-3-12(7-13)9-26-11-21-10-23-26/h2-7,10-11,28H,8-9H2,1H3,(H,24,27). The summed E-state index contributed by atoms with van der Waals surface area (Å²) in [5, 5.41) is 16.6. The summed E-state index contributed by atoms with van der Waals surface area (Å²) in [6.07, 6.45) is -1.04. The molecule has 3 aromatic rings. The van der Waals surface area contributed by atoms with Crippen LogP contribution in [0.2, 0.25) is 0 Å². The highest BCUT2D eigenvalue weighted by Gasteiger charge is 2.58. The van der Waals surface area contributed by atoms with Crippen molar-refractivity contribution in [3.63, 3.8) is 0 Å². The number of alkyl halides is 3. The third-order valence-electron chi connectivity index (χ3n) is 4.10. The number of benzene rings is 1. The minimum atomic E-state index is -5.08. The average molecular weight is 394 g/mol. The van der Waals surface area contributed by atoms with Crippen molar-refractivity contribution in [2.45, 2.75) is 24.7 Å². The molecule has 2 aromatic heterocycles. The second kappa shape index (κ2) is 7.43. The highest BCUT2D eigenvalue weighted by molar-refractivity contribution is 5.91. The number of carbonyl (C=O) groups excluding carboxylic acids is 1. The number of halogens is 3. The summed E-state index contributed by atoms with van der Waals surface area (Å²) in [6, 6.07) is 6.57. The quantitative estimate of drug-likeness (QED) is 0.665. The van der Waals surface area contributed by atoms with Gasteiger partial charge in [0.05, 0.1) is 13.0 Å². The van der Waals surface area contributed by atoms with Crippen LogP contribution in [0, 0.1) is 0 Å². The molecule has 1 atom stereocenters. The first-order chi connectivity index (χ1) is 13.2. The van der Waals surface area contributed by atoms with E-state index in [0.717, 1.165) is 16.3 Å². The molecule has 148 valence electrons. The van der Waals surface area contributed by atoms with Gasteiger partial charge in [0, 0.05) is 25.1 Å². The predicted molar refractivity (Wildman–Crippen MR) is 92.0 cm³/mol. The first-order valence-corrected chi connectivity index (χ1v) is 8.17. The van der Waals surface area contributed by atoms with Gasteiger partial charge in [-0.2, -0.15) is 18.3 Å². The van der Waals surface area contributed by atoms with E-state index in [1.807, 2.05) is 0 Å². The number of rotatable bonds is 6. The van der Waals surface area contributed by atoms with Crippen molar-refractivity contribution < 1.29 is 23.1 Å². The fourth-order valence-electron chi connectivity index (χ4n) is 2.76. The van der Waals surface area contributed by atoms with E-state index in [1.165, 1.54) is 32.0 Å². The summed E-state index contributed by atoms with van der Waals surface area (Å²) >= 11 is 0. The van der Waals surface area contributed by atoms with Crippen LogP contribution in [-0.4, -0.2) is 41.5 Å². The number of nitrogens with one attached hydrogen (secondary N) is 1. The van der Waals surface area contributed by atoms with Crippen LogP contribution in [0.3, 0.4) is 0 Å². The van der Waals surface area contributed by atoms with Crippen molar-refractivity contribution >= 4 is 11.6 Å². The highest BCUT2D eigenvalue weighted by atomic mass is 19.4. The number of carbonyl (C=O) groups is 1. The number of aromatic nitrogens is 5. The Morgan fingerprint density at radius 3 is 2.71 bits per heavy atom. The van der Waals surface area contributed by atoms with Gasteiger partial charge in [-0.15, -0.1) is 0 Å². The van der Waals surface area contributed by atoms with Crippen LogP contribution in [0.25, 0.3) is 0 Å². The lowest BCUT2D eigenvalue weighted by molar-refractivity contribution is -0.270. The van der Waals surface area contributed by atoms with Gasteiger partial charge in [0.15, 0.2) is 5.82 Å². The van der Waals surface area contributed by atoms with E-state index in [-0.39, 0.29) is 0 Å². The van der Waals surface area contributed by atoms with E-state index in [4.69, 9.17) is 0 Å². The van der Waals surface area contributed by atoms with Crippen molar-refractivity contribution in [1.82, 2.24) is 24.3 Å². The van der Waals surface area contributed by atoms with Crippen LogP contribution in [0.4, 0.5) is 18.9 Å². The van der Waals surface area contributed by atoms with Gasteiger partial charge < -0.3 is 15.0 Å². The summed E-state index contributed by atoms with van der Waals surface area (Å²) in [7, 11) is 1.31. The zero-order valence-corrected chi connectivity index (χ0v) is 14.8. The Morgan fingerprint density at radius 2 is 2.11 bits per heavy atom. The molecule has 1 amide bonds. The van der Waals surface area contributed by atoms with Crippen LogP contribution in [0.15, 0.2) is 49.3 Å². The van der Waals surface area contributed by atoms with Crippen molar-refractivity contribution in [3.05, 3.63) is 60.7 Å². The molecule has 1 unspecified atom stereocenters. The smallest absolute Gasteiger partial charge is 0.374 e. The molecule has 0 aliphatic heterocycles. The summed E-state index contributed by atoms with van der Waals surface area (Å²) in [6.45, 7) is 0.378. The Morgan fingerprint density at radius 1 is 1.32 bits per heavy atom. The Labute approximate surface area is 157 Å². The lowest BCUT2D eigenvalue weighted by atomic mass is 9.97. The van der Waals surface area contributed by atoms with Crippen molar-refractivity contribution in [2.75, 3.05) is 5.32 Å². The molecule has 11 heteroatoms. The predicted octanol–water partition coefficient (Wildman–Crippen LogP) is 1.84. The molecule has 28 heavy (non-hydrogen) atoms. The maximum absolute atomic E-state index is 13.5. The van der Waals surface area contributed by atoms with Crippen LogP contribution in [0.1, 0.15) is 17.8 Å². The Balaban J connectivity index is 1.76. The van der Waals surface area contributed by atoms with Crippen molar-refractivity contribution in [2.24, 2.45) is 7.05 Å². The number of imidazole rings is 1. The topological polar surface area (TPSA) is 97.9 Å². The zero-order chi connectivity index (χ0) is 20.4. The number of anilines is 1. The summed E-state index contributed by atoms with van der Waals surface area (Å²) in [5.41, 5.74) is -2.35. The van der Waals surface area contributed by atoms with Gasteiger partial charge in [0.2, 0.25) is 11.5 Å². The number of hydrogen-bond acceptors (Lipinski definition) is 5. The minimum Gasteiger partial charge on any atom is -0.374 e. The van der Waals surface area contributed by atoms with Gasteiger partial charge in [-0.3, -0.25) is 4.79 Å². The van der Waals surface area contributed by atoms with Gasteiger partial charge in [-0.25, -0.2) is 14.6 Å².